The van der Waals surface area contributed by atoms with Crippen LogP contribution in [0.15, 0.2) is 18.2 Å². The van der Waals surface area contributed by atoms with Crippen molar-refractivity contribution in [3.8, 4) is 11.8 Å². The summed E-state index contributed by atoms with van der Waals surface area (Å²) in [4.78, 5) is 2.12. The molecule has 0 spiro atoms. The van der Waals surface area contributed by atoms with Gasteiger partial charge >= 0.3 is 0 Å². The Hall–Kier alpha value is -1.73. The van der Waals surface area contributed by atoms with Crippen LogP contribution >= 0.6 is 0 Å². The number of aliphatic hydroxyl groups excluding tert-OH is 1. The van der Waals surface area contributed by atoms with Gasteiger partial charge in [-0.05, 0) is 32.9 Å². The number of hydrogen-bond acceptors (Lipinski definition) is 4. The van der Waals surface area contributed by atoms with Gasteiger partial charge < -0.3 is 14.7 Å². The minimum atomic E-state index is -0.616. The zero-order chi connectivity index (χ0) is 14.4. The summed E-state index contributed by atoms with van der Waals surface area (Å²) < 4.78 is 5.33. The average molecular weight is 262 g/mol. The maximum Gasteiger partial charge on any atom is 0.126 e. The SMILES string of the molecule is COc1cccc(N(CCC#N)C(C)C)c1[C@H](C)O. The Kier molecular flexibility index (Phi) is 5.65. The Morgan fingerprint density at radius 1 is 1.37 bits per heavy atom. The molecule has 0 aliphatic rings. The third-order valence-corrected chi connectivity index (χ3v) is 3.08. The van der Waals surface area contributed by atoms with Gasteiger partial charge in [-0.1, -0.05) is 6.07 Å². The summed E-state index contributed by atoms with van der Waals surface area (Å²) in [6, 6.07) is 8.12. The van der Waals surface area contributed by atoms with E-state index < -0.39 is 6.10 Å². The van der Waals surface area contributed by atoms with Crippen LogP contribution in [0.25, 0.3) is 0 Å². The van der Waals surface area contributed by atoms with E-state index in [2.05, 4.69) is 24.8 Å². The summed E-state index contributed by atoms with van der Waals surface area (Å²) in [5, 5.41) is 18.8. The minimum Gasteiger partial charge on any atom is -0.496 e. The lowest BCUT2D eigenvalue weighted by Gasteiger charge is -2.31. The first-order chi connectivity index (χ1) is 9.02. The topological polar surface area (TPSA) is 56.5 Å². The zero-order valence-electron chi connectivity index (χ0n) is 12.1. The fourth-order valence-electron chi connectivity index (χ4n) is 2.21. The molecule has 0 amide bonds. The molecule has 4 heteroatoms. The highest BCUT2D eigenvalue weighted by atomic mass is 16.5. The molecule has 0 fully saturated rings. The first-order valence-corrected chi connectivity index (χ1v) is 6.51. The van der Waals surface area contributed by atoms with E-state index in [1.54, 1.807) is 14.0 Å². The Balaban J connectivity index is 3.25. The predicted octanol–water partition coefficient (Wildman–Crippen LogP) is 2.88. The van der Waals surface area contributed by atoms with Crippen molar-refractivity contribution in [3.05, 3.63) is 23.8 Å². The van der Waals surface area contributed by atoms with Crippen LogP contribution in [0.5, 0.6) is 5.75 Å². The number of nitrogens with zero attached hydrogens (tertiary/aromatic N) is 2. The summed E-state index contributed by atoms with van der Waals surface area (Å²) in [6.45, 7) is 6.51. The van der Waals surface area contributed by atoms with E-state index in [0.717, 1.165) is 11.3 Å². The van der Waals surface area contributed by atoms with Crippen molar-refractivity contribution in [1.82, 2.24) is 0 Å². The Labute approximate surface area is 115 Å². The van der Waals surface area contributed by atoms with Gasteiger partial charge in [0.05, 0.1) is 25.7 Å². The Morgan fingerprint density at radius 2 is 2.05 bits per heavy atom. The van der Waals surface area contributed by atoms with Crippen LogP contribution in [0, 0.1) is 11.3 Å². The normalized spacial score (nSPS) is 12.1. The second-order valence-corrected chi connectivity index (χ2v) is 4.76. The first-order valence-electron chi connectivity index (χ1n) is 6.51. The van der Waals surface area contributed by atoms with Crippen molar-refractivity contribution in [2.24, 2.45) is 0 Å². The average Bonchev–Trinajstić information content (AvgIpc) is 2.38. The van der Waals surface area contributed by atoms with Gasteiger partial charge in [0.25, 0.3) is 0 Å². The summed E-state index contributed by atoms with van der Waals surface area (Å²) in [5.41, 5.74) is 1.70. The number of aliphatic hydroxyl groups is 1. The maximum atomic E-state index is 10.0. The van der Waals surface area contributed by atoms with Crippen LogP contribution in [0.4, 0.5) is 5.69 Å². The van der Waals surface area contributed by atoms with Crippen molar-refractivity contribution in [2.75, 3.05) is 18.6 Å². The van der Waals surface area contributed by atoms with E-state index in [9.17, 15) is 5.11 Å². The van der Waals surface area contributed by atoms with Gasteiger partial charge in [-0.2, -0.15) is 5.26 Å². The highest BCUT2D eigenvalue weighted by molar-refractivity contribution is 5.61. The standard InChI is InChI=1S/C15H22N2O2/c1-11(2)17(10-6-9-16)13-7-5-8-14(19-4)15(13)12(3)18/h5,7-8,11-12,18H,6,10H2,1-4H3/t12-/m0/s1. The van der Waals surface area contributed by atoms with Crippen LogP contribution in [-0.4, -0.2) is 24.8 Å². The molecule has 0 aliphatic heterocycles. The van der Waals surface area contributed by atoms with E-state index in [1.807, 2.05) is 18.2 Å². The lowest BCUT2D eigenvalue weighted by atomic mass is 10.0. The van der Waals surface area contributed by atoms with E-state index >= 15 is 0 Å². The van der Waals surface area contributed by atoms with Crippen molar-refractivity contribution < 1.29 is 9.84 Å². The molecule has 0 bridgehead atoms. The Morgan fingerprint density at radius 3 is 2.53 bits per heavy atom. The number of ether oxygens (including phenoxy) is 1. The molecule has 0 radical (unpaired) electrons. The van der Waals surface area contributed by atoms with Gasteiger partial charge in [0, 0.05) is 23.8 Å². The summed E-state index contributed by atoms with van der Waals surface area (Å²) >= 11 is 0. The molecule has 19 heavy (non-hydrogen) atoms. The second-order valence-electron chi connectivity index (χ2n) is 4.76. The molecule has 0 aromatic heterocycles. The van der Waals surface area contributed by atoms with Gasteiger partial charge in [0.1, 0.15) is 5.75 Å². The number of rotatable bonds is 6. The van der Waals surface area contributed by atoms with Gasteiger partial charge in [-0.25, -0.2) is 0 Å². The van der Waals surface area contributed by atoms with Crippen molar-refractivity contribution in [3.63, 3.8) is 0 Å². The number of benzene rings is 1. The van der Waals surface area contributed by atoms with Crippen molar-refractivity contribution in [1.29, 1.82) is 5.26 Å². The fourth-order valence-corrected chi connectivity index (χ4v) is 2.21. The van der Waals surface area contributed by atoms with E-state index in [1.165, 1.54) is 0 Å². The zero-order valence-corrected chi connectivity index (χ0v) is 12.1. The molecule has 1 aromatic rings. The molecule has 4 nitrogen and oxygen atoms in total. The summed E-state index contributed by atoms with van der Waals surface area (Å²) in [6.07, 6.45) is -0.163. The third-order valence-electron chi connectivity index (χ3n) is 3.08. The highest BCUT2D eigenvalue weighted by Gasteiger charge is 2.20. The number of anilines is 1. The molecule has 104 valence electrons. The van der Waals surface area contributed by atoms with Gasteiger partial charge in [-0.15, -0.1) is 0 Å². The molecule has 1 atom stereocenters. The van der Waals surface area contributed by atoms with Crippen LogP contribution < -0.4 is 9.64 Å². The van der Waals surface area contributed by atoms with E-state index in [0.29, 0.717) is 18.7 Å². The smallest absolute Gasteiger partial charge is 0.126 e. The van der Waals surface area contributed by atoms with E-state index in [4.69, 9.17) is 10.00 Å². The Bertz CT molecular complexity index is 450. The molecule has 1 N–H and O–H groups in total. The van der Waals surface area contributed by atoms with Gasteiger partial charge in [0.2, 0.25) is 0 Å². The number of hydrogen-bond donors (Lipinski definition) is 1. The first kappa shape index (κ1) is 15.3. The molecular formula is C15H22N2O2. The molecule has 0 aliphatic carbocycles. The van der Waals surface area contributed by atoms with E-state index in [-0.39, 0.29) is 6.04 Å². The van der Waals surface area contributed by atoms with Crippen LogP contribution in [-0.2, 0) is 0 Å². The van der Waals surface area contributed by atoms with Crippen LogP contribution in [0.3, 0.4) is 0 Å². The molecule has 0 heterocycles. The quantitative estimate of drug-likeness (QED) is 0.856. The van der Waals surface area contributed by atoms with Gasteiger partial charge in [-0.3, -0.25) is 0 Å². The molecule has 1 rings (SSSR count). The molecule has 0 unspecified atom stereocenters. The lowest BCUT2D eigenvalue weighted by molar-refractivity contribution is 0.194. The number of nitriles is 1. The minimum absolute atomic E-state index is 0.248. The third kappa shape index (κ3) is 3.62. The summed E-state index contributed by atoms with van der Waals surface area (Å²) in [5.74, 6) is 0.676. The molecule has 0 saturated heterocycles. The highest BCUT2D eigenvalue weighted by Crippen LogP contribution is 2.35. The molecule has 0 saturated carbocycles. The molecular weight excluding hydrogens is 240 g/mol. The largest absolute Gasteiger partial charge is 0.496 e. The lowest BCUT2D eigenvalue weighted by Crippen LogP contribution is -2.32. The van der Waals surface area contributed by atoms with Crippen LogP contribution in [0.2, 0.25) is 0 Å². The van der Waals surface area contributed by atoms with Gasteiger partial charge in [0.15, 0.2) is 0 Å². The predicted molar refractivity (Wildman–Crippen MR) is 76.3 cm³/mol. The van der Waals surface area contributed by atoms with Crippen molar-refractivity contribution in [2.45, 2.75) is 39.3 Å². The summed E-state index contributed by atoms with van der Waals surface area (Å²) in [7, 11) is 1.60. The van der Waals surface area contributed by atoms with Crippen molar-refractivity contribution >= 4 is 5.69 Å². The number of methoxy groups -OCH3 is 1. The second kappa shape index (κ2) is 7.01. The monoisotopic (exact) mass is 262 g/mol. The van der Waals surface area contributed by atoms with Crippen LogP contribution in [0.1, 0.15) is 38.9 Å². The maximum absolute atomic E-state index is 10.0. The fraction of sp³-hybridized carbons (Fsp3) is 0.533. The molecule has 1 aromatic carbocycles.